The molecule has 2 saturated heterocycles. The van der Waals surface area contributed by atoms with Crippen molar-refractivity contribution in [3.05, 3.63) is 75.5 Å². The molecular formula is C26H28N5O5+. The first-order valence-corrected chi connectivity index (χ1v) is 12.4. The smallest absolute Gasteiger partial charge is 0.269 e. The Balaban J connectivity index is 1.37. The molecule has 36 heavy (non-hydrogen) atoms. The first-order chi connectivity index (χ1) is 17.5. The van der Waals surface area contributed by atoms with Gasteiger partial charge in [-0.2, -0.15) is 0 Å². The second kappa shape index (κ2) is 9.03. The molecule has 2 amide bonds. The molecule has 3 aromatic rings. The number of rotatable bonds is 5. The largest absolute Gasteiger partial charge is 0.370 e. The highest BCUT2D eigenvalue weighted by Gasteiger charge is 2.48. The average molecular weight is 491 g/mol. The van der Waals surface area contributed by atoms with Crippen LogP contribution in [0.3, 0.4) is 0 Å². The van der Waals surface area contributed by atoms with Crippen LogP contribution in [0.5, 0.6) is 0 Å². The van der Waals surface area contributed by atoms with Gasteiger partial charge in [0, 0.05) is 35.2 Å². The molecule has 0 unspecified atom stereocenters. The highest BCUT2D eigenvalue weighted by Crippen LogP contribution is 2.42. The zero-order valence-electron chi connectivity index (χ0n) is 19.8. The summed E-state index contributed by atoms with van der Waals surface area (Å²) < 4.78 is 5.43. The molecule has 10 nitrogen and oxygen atoms in total. The quantitative estimate of drug-likeness (QED) is 0.403. The monoisotopic (exact) mass is 490 g/mol. The Morgan fingerprint density at radius 3 is 2.58 bits per heavy atom. The van der Waals surface area contributed by atoms with E-state index in [1.165, 1.54) is 17.0 Å². The maximum absolute atomic E-state index is 13.8. The van der Waals surface area contributed by atoms with Crippen molar-refractivity contribution in [1.82, 2.24) is 14.8 Å². The van der Waals surface area contributed by atoms with Crippen molar-refractivity contribution in [3.8, 4) is 0 Å². The molecule has 0 radical (unpaired) electrons. The SMILES string of the molecule is O=C1[C@@H]2Cc3c([nH]c4ccccc34)[C@H](c3ccc([N+](=O)[O-])cc3)N2C(=O)CN1CC[NH+]1CCOCC1. The number of non-ortho nitro benzene ring substituents is 1. The number of fused-ring (bicyclic) bond motifs is 4. The number of nitrogens with zero attached hydrogens (tertiary/aromatic N) is 3. The Hall–Kier alpha value is -3.76. The number of nitrogens with one attached hydrogen (secondary N) is 2. The topological polar surface area (TPSA) is 113 Å². The van der Waals surface area contributed by atoms with Crippen LogP contribution in [0.25, 0.3) is 10.9 Å². The van der Waals surface area contributed by atoms with E-state index in [0.29, 0.717) is 13.0 Å². The van der Waals surface area contributed by atoms with Crippen molar-refractivity contribution in [3.63, 3.8) is 0 Å². The fraction of sp³-hybridized carbons (Fsp3) is 0.385. The Kier molecular flexibility index (Phi) is 5.69. The summed E-state index contributed by atoms with van der Waals surface area (Å²) in [4.78, 5) is 46.4. The summed E-state index contributed by atoms with van der Waals surface area (Å²) >= 11 is 0. The zero-order valence-corrected chi connectivity index (χ0v) is 19.8. The number of quaternary nitrogens is 1. The summed E-state index contributed by atoms with van der Waals surface area (Å²) in [6.07, 6.45) is 0.439. The van der Waals surface area contributed by atoms with Crippen LogP contribution in [0.1, 0.15) is 22.9 Å². The van der Waals surface area contributed by atoms with Gasteiger partial charge >= 0.3 is 0 Å². The van der Waals surface area contributed by atoms with Gasteiger partial charge in [0.05, 0.1) is 37.3 Å². The molecule has 3 aliphatic rings. The van der Waals surface area contributed by atoms with Gasteiger partial charge < -0.3 is 24.4 Å². The lowest BCUT2D eigenvalue weighted by Crippen LogP contribution is -3.14. The number of carbonyl (C=O) groups is 2. The van der Waals surface area contributed by atoms with Gasteiger partial charge in [-0.1, -0.05) is 18.2 Å². The van der Waals surface area contributed by atoms with Crippen LogP contribution in [0, 0.1) is 10.1 Å². The van der Waals surface area contributed by atoms with E-state index >= 15 is 0 Å². The Morgan fingerprint density at radius 2 is 1.83 bits per heavy atom. The summed E-state index contributed by atoms with van der Waals surface area (Å²) in [5.74, 6) is -0.144. The number of amides is 2. The average Bonchev–Trinajstić information content (AvgIpc) is 3.28. The summed E-state index contributed by atoms with van der Waals surface area (Å²) in [6, 6.07) is 13.1. The maximum atomic E-state index is 13.8. The standard InChI is InChI=1S/C26H27N5O5/c32-23-16-29(10-9-28-11-13-36-14-12-28)26(33)22-15-20-19-3-1-2-4-21(19)27-24(20)25(30(22)23)17-5-7-18(8-6-17)31(34)35/h1-8,22,25,27H,9-16H2/p+1/t22-,25-/m0/s1. The van der Waals surface area contributed by atoms with E-state index in [2.05, 4.69) is 4.98 Å². The molecule has 0 spiro atoms. The molecule has 10 heteroatoms. The number of piperazine rings is 1. The molecule has 2 aromatic carbocycles. The van der Waals surface area contributed by atoms with Crippen LogP contribution in [0.15, 0.2) is 48.5 Å². The second-order valence-electron chi connectivity index (χ2n) is 9.71. The third-order valence-corrected chi connectivity index (χ3v) is 7.70. The Bertz CT molecular complexity index is 1330. The lowest BCUT2D eigenvalue weighted by molar-refractivity contribution is -0.907. The molecule has 1 aromatic heterocycles. The number of aromatic amines is 1. The number of benzene rings is 2. The fourth-order valence-electron chi connectivity index (χ4n) is 5.84. The van der Waals surface area contributed by atoms with Gasteiger partial charge in [0.25, 0.3) is 5.69 Å². The van der Waals surface area contributed by atoms with Crippen LogP contribution in [-0.4, -0.2) is 83.5 Å². The third kappa shape index (κ3) is 3.82. The minimum Gasteiger partial charge on any atom is -0.370 e. The summed E-state index contributed by atoms with van der Waals surface area (Å²) in [7, 11) is 0. The first kappa shape index (κ1) is 22.7. The van der Waals surface area contributed by atoms with E-state index in [-0.39, 0.29) is 24.0 Å². The number of para-hydroxylation sites is 1. The fourth-order valence-corrected chi connectivity index (χ4v) is 5.84. The van der Waals surface area contributed by atoms with Crippen LogP contribution in [0.2, 0.25) is 0 Å². The molecule has 0 saturated carbocycles. The maximum Gasteiger partial charge on any atom is 0.269 e. The van der Waals surface area contributed by atoms with Gasteiger partial charge in [-0.3, -0.25) is 19.7 Å². The van der Waals surface area contributed by atoms with Gasteiger partial charge in [-0.05, 0) is 29.3 Å². The van der Waals surface area contributed by atoms with Gasteiger partial charge in [-0.25, -0.2) is 0 Å². The van der Waals surface area contributed by atoms with E-state index in [9.17, 15) is 19.7 Å². The highest BCUT2D eigenvalue weighted by atomic mass is 16.6. The molecule has 0 aliphatic carbocycles. The number of nitro groups is 1. The third-order valence-electron chi connectivity index (χ3n) is 7.70. The van der Waals surface area contributed by atoms with Crippen LogP contribution >= 0.6 is 0 Å². The molecule has 2 atom stereocenters. The van der Waals surface area contributed by atoms with E-state index in [4.69, 9.17) is 4.74 Å². The number of carbonyl (C=O) groups excluding carboxylic acids is 2. The second-order valence-corrected chi connectivity index (χ2v) is 9.71. The van der Waals surface area contributed by atoms with Crippen molar-refractivity contribution in [2.75, 3.05) is 45.9 Å². The number of hydrogen-bond acceptors (Lipinski definition) is 5. The van der Waals surface area contributed by atoms with Crippen LogP contribution < -0.4 is 4.90 Å². The lowest BCUT2D eigenvalue weighted by Gasteiger charge is -2.47. The van der Waals surface area contributed by atoms with Gasteiger partial charge in [0.15, 0.2) is 0 Å². The molecule has 3 aliphatic heterocycles. The first-order valence-electron chi connectivity index (χ1n) is 12.4. The predicted octanol–water partition coefficient (Wildman–Crippen LogP) is 0.676. The minimum absolute atomic E-state index is 0.0131. The van der Waals surface area contributed by atoms with E-state index in [1.807, 2.05) is 24.3 Å². The van der Waals surface area contributed by atoms with E-state index < -0.39 is 17.0 Å². The Labute approximate surface area is 207 Å². The number of morpholine rings is 1. The molecule has 2 fully saturated rings. The number of H-pyrrole nitrogens is 1. The van der Waals surface area contributed by atoms with Crippen LogP contribution in [0.4, 0.5) is 5.69 Å². The van der Waals surface area contributed by atoms with Crippen molar-refractivity contribution in [2.24, 2.45) is 0 Å². The molecular weight excluding hydrogens is 462 g/mol. The van der Waals surface area contributed by atoms with Crippen LogP contribution in [-0.2, 0) is 20.7 Å². The number of nitro benzene ring substituents is 1. The lowest BCUT2D eigenvalue weighted by atomic mass is 9.86. The van der Waals surface area contributed by atoms with E-state index in [1.54, 1.807) is 21.9 Å². The molecule has 2 N–H and O–H groups in total. The van der Waals surface area contributed by atoms with Crippen molar-refractivity contribution >= 4 is 28.4 Å². The molecule has 186 valence electrons. The summed E-state index contributed by atoms with van der Waals surface area (Å²) in [5, 5.41) is 12.3. The van der Waals surface area contributed by atoms with Crippen molar-refractivity contribution in [2.45, 2.75) is 18.5 Å². The summed E-state index contributed by atoms with van der Waals surface area (Å²) in [5.41, 5.74) is 3.57. The van der Waals surface area contributed by atoms with Crippen molar-refractivity contribution in [1.29, 1.82) is 0 Å². The summed E-state index contributed by atoms with van der Waals surface area (Å²) in [6.45, 7) is 4.63. The normalized spacial score (nSPS) is 22.6. The number of aromatic nitrogens is 1. The molecule has 0 bridgehead atoms. The van der Waals surface area contributed by atoms with Gasteiger partial charge in [-0.15, -0.1) is 0 Å². The van der Waals surface area contributed by atoms with Gasteiger partial charge in [0.1, 0.15) is 25.7 Å². The number of ether oxygens (including phenoxy) is 1. The number of hydrogen-bond donors (Lipinski definition) is 2. The Morgan fingerprint density at radius 1 is 1.08 bits per heavy atom. The highest BCUT2D eigenvalue weighted by molar-refractivity contribution is 5.97. The predicted molar refractivity (Wildman–Crippen MR) is 131 cm³/mol. The minimum atomic E-state index is -0.613. The van der Waals surface area contributed by atoms with Gasteiger partial charge in [0.2, 0.25) is 11.8 Å². The van der Waals surface area contributed by atoms with Crippen molar-refractivity contribution < 1.29 is 24.1 Å². The zero-order chi connectivity index (χ0) is 24.8. The van der Waals surface area contributed by atoms with E-state index in [0.717, 1.165) is 60.6 Å². The molecule has 4 heterocycles. The molecule has 6 rings (SSSR count).